The number of guanidine groups is 1. The number of carbonyl (C=O) groups excluding carboxylic acids is 1. The highest BCUT2D eigenvalue weighted by Crippen LogP contribution is 2.19. The molecule has 142 valence electrons. The summed E-state index contributed by atoms with van der Waals surface area (Å²) < 4.78 is 5.94. The smallest absolute Gasteiger partial charge is 0.221 e. The Morgan fingerprint density at radius 3 is 2.33 bits per heavy atom. The summed E-state index contributed by atoms with van der Waals surface area (Å²) in [4.78, 5) is 15.7. The van der Waals surface area contributed by atoms with Crippen LogP contribution in [0.15, 0.2) is 4.99 Å². The van der Waals surface area contributed by atoms with Crippen molar-refractivity contribution in [3.05, 3.63) is 0 Å². The van der Waals surface area contributed by atoms with Crippen molar-refractivity contribution in [3.63, 3.8) is 0 Å². The van der Waals surface area contributed by atoms with Crippen LogP contribution in [0.25, 0.3) is 0 Å². The Kier molecular flexibility index (Phi) is 15.6. The summed E-state index contributed by atoms with van der Waals surface area (Å²) in [6.45, 7) is 4.80. The summed E-state index contributed by atoms with van der Waals surface area (Å²) in [6.07, 6.45) is 9.52. The fourth-order valence-corrected chi connectivity index (χ4v) is 2.67. The summed E-state index contributed by atoms with van der Waals surface area (Å²) in [5.74, 6) is 0.796. The van der Waals surface area contributed by atoms with Gasteiger partial charge in [0.15, 0.2) is 5.96 Å². The number of halogens is 1. The van der Waals surface area contributed by atoms with E-state index in [4.69, 9.17) is 4.74 Å². The van der Waals surface area contributed by atoms with Crippen LogP contribution in [0.2, 0.25) is 0 Å². The zero-order valence-electron chi connectivity index (χ0n) is 15.2. The maximum Gasteiger partial charge on any atom is 0.221 e. The number of nitrogens with zero attached hydrogens (tertiary/aromatic N) is 1. The Labute approximate surface area is 164 Å². The summed E-state index contributed by atoms with van der Waals surface area (Å²) in [6, 6.07) is 0. The Morgan fingerprint density at radius 1 is 1.04 bits per heavy atom. The molecule has 7 heteroatoms. The van der Waals surface area contributed by atoms with E-state index >= 15 is 0 Å². The molecule has 3 N–H and O–H groups in total. The van der Waals surface area contributed by atoms with Crippen molar-refractivity contribution >= 4 is 35.8 Å². The molecule has 0 aromatic rings. The topological polar surface area (TPSA) is 74.8 Å². The standard InChI is InChI=1S/C17H34N4O2.HI/c1-3-11-19-16(22)10-12-20-17(18-2)21-13-14-23-15-8-6-4-5-7-9-15;/h15H,3-14H2,1-2H3,(H,19,22)(H2,18,20,21);1H. The van der Waals surface area contributed by atoms with E-state index in [1.54, 1.807) is 7.05 Å². The molecule has 0 heterocycles. The average Bonchev–Trinajstić information content (AvgIpc) is 2.83. The fourth-order valence-electron chi connectivity index (χ4n) is 2.67. The second kappa shape index (κ2) is 15.9. The number of nitrogens with one attached hydrogen (secondary N) is 3. The van der Waals surface area contributed by atoms with Gasteiger partial charge in [0, 0.05) is 33.1 Å². The van der Waals surface area contributed by atoms with Crippen LogP contribution in [0.5, 0.6) is 0 Å². The highest BCUT2D eigenvalue weighted by atomic mass is 127. The second-order valence-electron chi connectivity index (χ2n) is 6.01. The van der Waals surface area contributed by atoms with Gasteiger partial charge < -0.3 is 20.7 Å². The van der Waals surface area contributed by atoms with Gasteiger partial charge in [-0.05, 0) is 19.3 Å². The number of carbonyl (C=O) groups is 1. The van der Waals surface area contributed by atoms with Gasteiger partial charge in [-0.1, -0.05) is 32.6 Å². The molecule has 0 radical (unpaired) electrons. The fraction of sp³-hybridized carbons (Fsp3) is 0.882. The van der Waals surface area contributed by atoms with E-state index < -0.39 is 0 Å². The van der Waals surface area contributed by atoms with Crippen LogP contribution in [0.1, 0.15) is 58.3 Å². The summed E-state index contributed by atoms with van der Waals surface area (Å²) in [7, 11) is 1.73. The minimum absolute atomic E-state index is 0. The monoisotopic (exact) mass is 454 g/mol. The van der Waals surface area contributed by atoms with Crippen LogP contribution in [-0.2, 0) is 9.53 Å². The lowest BCUT2D eigenvalue weighted by atomic mass is 10.1. The molecule has 1 aliphatic carbocycles. The predicted octanol–water partition coefficient (Wildman–Crippen LogP) is 2.43. The van der Waals surface area contributed by atoms with Gasteiger partial charge in [0.25, 0.3) is 0 Å². The Bertz CT molecular complexity index is 345. The van der Waals surface area contributed by atoms with Crippen LogP contribution in [-0.4, -0.2) is 51.3 Å². The molecule has 0 spiro atoms. The number of amides is 1. The van der Waals surface area contributed by atoms with Crippen molar-refractivity contribution in [2.45, 2.75) is 64.4 Å². The van der Waals surface area contributed by atoms with Crippen molar-refractivity contribution in [1.82, 2.24) is 16.0 Å². The average molecular weight is 454 g/mol. The molecule has 1 aliphatic rings. The van der Waals surface area contributed by atoms with Crippen LogP contribution < -0.4 is 16.0 Å². The number of hydrogen-bond acceptors (Lipinski definition) is 3. The largest absolute Gasteiger partial charge is 0.376 e. The molecular formula is C17H35IN4O2. The third kappa shape index (κ3) is 11.9. The minimum Gasteiger partial charge on any atom is -0.376 e. The lowest BCUT2D eigenvalue weighted by Gasteiger charge is -2.16. The zero-order valence-corrected chi connectivity index (χ0v) is 17.6. The van der Waals surface area contributed by atoms with Crippen LogP contribution >= 0.6 is 24.0 Å². The molecular weight excluding hydrogens is 419 g/mol. The van der Waals surface area contributed by atoms with Crippen LogP contribution in [0.3, 0.4) is 0 Å². The Morgan fingerprint density at radius 2 is 1.71 bits per heavy atom. The third-order valence-corrected chi connectivity index (χ3v) is 3.99. The number of ether oxygens (including phenoxy) is 1. The molecule has 0 saturated heterocycles. The quantitative estimate of drug-likeness (QED) is 0.165. The molecule has 0 bridgehead atoms. The maximum absolute atomic E-state index is 11.5. The third-order valence-electron chi connectivity index (χ3n) is 3.99. The van der Waals surface area contributed by atoms with Gasteiger partial charge >= 0.3 is 0 Å². The maximum atomic E-state index is 11.5. The SMILES string of the molecule is CCCNC(=O)CCNC(=NC)NCCOC1CCCCCC1.I. The predicted molar refractivity (Wildman–Crippen MR) is 110 cm³/mol. The molecule has 1 amide bonds. The first-order chi connectivity index (χ1) is 11.3. The minimum atomic E-state index is 0. The Hall–Kier alpha value is -0.570. The molecule has 1 saturated carbocycles. The van der Waals surface area contributed by atoms with Crippen molar-refractivity contribution in [3.8, 4) is 0 Å². The first-order valence-electron chi connectivity index (χ1n) is 9.09. The molecule has 0 unspecified atom stereocenters. The summed E-state index contributed by atoms with van der Waals surface area (Å²) in [5, 5.41) is 9.23. The van der Waals surface area contributed by atoms with Gasteiger partial charge in [-0.2, -0.15) is 0 Å². The molecule has 0 aromatic heterocycles. The van der Waals surface area contributed by atoms with Gasteiger partial charge in [0.1, 0.15) is 0 Å². The van der Waals surface area contributed by atoms with E-state index in [-0.39, 0.29) is 29.9 Å². The lowest BCUT2D eigenvalue weighted by molar-refractivity contribution is -0.120. The van der Waals surface area contributed by atoms with Crippen LogP contribution in [0.4, 0.5) is 0 Å². The van der Waals surface area contributed by atoms with Gasteiger partial charge in [-0.25, -0.2) is 0 Å². The summed E-state index contributed by atoms with van der Waals surface area (Å²) in [5.41, 5.74) is 0. The van der Waals surface area contributed by atoms with Crippen molar-refractivity contribution < 1.29 is 9.53 Å². The number of rotatable bonds is 9. The van der Waals surface area contributed by atoms with Crippen molar-refractivity contribution in [1.29, 1.82) is 0 Å². The van der Waals surface area contributed by atoms with Crippen molar-refractivity contribution in [2.24, 2.45) is 4.99 Å². The summed E-state index contributed by atoms with van der Waals surface area (Å²) >= 11 is 0. The molecule has 24 heavy (non-hydrogen) atoms. The van der Waals surface area contributed by atoms with Gasteiger partial charge in [0.2, 0.25) is 5.91 Å². The highest BCUT2D eigenvalue weighted by Gasteiger charge is 2.12. The Balaban J connectivity index is 0.00000529. The van der Waals surface area contributed by atoms with E-state index in [0.717, 1.165) is 25.5 Å². The highest BCUT2D eigenvalue weighted by molar-refractivity contribution is 14.0. The van der Waals surface area contributed by atoms with Crippen molar-refractivity contribution in [2.75, 3.05) is 33.3 Å². The normalized spacial score (nSPS) is 16.0. The number of hydrogen-bond donors (Lipinski definition) is 3. The number of aliphatic imine (C=N–C) groups is 1. The zero-order chi connectivity index (χ0) is 16.8. The van der Waals surface area contributed by atoms with E-state index in [0.29, 0.717) is 25.7 Å². The van der Waals surface area contributed by atoms with E-state index in [1.165, 1.54) is 38.5 Å². The van der Waals surface area contributed by atoms with Crippen LogP contribution in [0, 0.1) is 0 Å². The van der Waals surface area contributed by atoms with Gasteiger partial charge in [0.05, 0.1) is 12.7 Å². The molecule has 0 aromatic carbocycles. The lowest BCUT2D eigenvalue weighted by Crippen LogP contribution is -2.41. The first kappa shape index (κ1) is 23.4. The van der Waals surface area contributed by atoms with E-state index in [9.17, 15) is 4.79 Å². The molecule has 0 aliphatic heterocycles. The second-order valence-corrected chi connectivity index (χ2v) is 6.01. The molecule has 0 atom stereocenters. The molecule has 6 nitrogen and oxygen atoms in total. The van der Waals surface area contributed by atoms with Gasteiger partial charge in [-0.3, -0.25) is 9.79 Å². The first-order valence-corrected chi connectivity index (χ1v) is 9.09. The van der Waals surface area contributed by atoms with E-state index in [2.05, 4.69) is 20.9 Å². The molecule has 1 fully saturated rings. The van der Waals surface area contributed by atoms with Gasteiger partial charge in [-0.15, -0.1) is 24.0 Å². The molecule has 1 rings (SSSR count). The van der Waals surface area contributed by atoms with E-state index in [1.807, 2.05) is 6.92 Å².